The molecule has 1 fully saturated rings. The van der Waals surface area contributed by atoms with Crippen LogP contribution in [0.1, 0.15) is 20.3 Å². The molecule has 0 radical (unpaired) electrons. The maximum Gasteiger partial charge on any atom is 0.247 e. The molecule has 0 spiro atoms. The van der Waals surface area contributed by atoms with E-state index < -0.39 is 12.0 Å². The number of amides is 3. The van der Waals surface area contributed by atoms with Crippen molar-refractivity contribution >= 4 is 29.1 Å². The number of benzene rings is 2. The average molecular weight is 440 g/mol. The van der Waals surface area contributed by atoms with Crippen LogP contribution >= 0.6 is 0 Å². The molecule has 2 atom stereocenters. The summed E-state index contributed by atoms with van der Waals surface area (Å²) in [4.78, 5) is 40.0. The Balaban J connectivity index is 1.68. The Morgan fingerprint density at radius 3 is 2.41 bits per heavy atom. The number of nitrogens with zero attached hydrogens (tertiary/aromatic N) is 1. The van der Waals surface area contributed by atoms with Gasteiger partial charge in [0.2, 0.25) is 17.7 Å². The Morgan fingerprint density at radius 1 is 1.06 bits per heavy atom. The molecule has 2 aromatic rings. The lowest BCUT2D eigenvalue weighted by atomic mass is 10.0. The van der Waals surface area contributed by atoms with Gasteiger partial charge in [0.15, 0.2) is 0 Å². The third-order valence-electron chi connectivity index (χ3n) is 5.48. The molecule has 3 rings (SSSR count). The van der Waals surface area contributed by atoms with Gasteiger partial charge in [0.1, 0.15) is 17.5 Å². The van der Waals surface area contributed by atoms with E-state index in [1.807, 2.05) is 44.2 Å². The van der Waals surface area contributed by atoms with Gasteiger partial charge >= 0.3 is 0 Å². The molecule has 8 heteroatoms. The molecule has 32 heavy (non-hydrogen) atoms. The molecule has 1 aliphatic rings. The lowest BCUT2D eigenvalue weighted by Crippen LogP contribution is -2.49. The van der Waals surface area contributed by atoms with Gasteiger partial charge in [-0.25, -0.2) is 0 Å². The van der Waals surface area contributed by atoms with Crippen molar-refractivity contribution in [2.24, 2.45) is 11.8 Å². The summed E-state index contributed by atoms with van der Waals surface area (Å²) in [5.74, 6) is -0.412. The number of nitrogens with one attached hydrogen (secondary N) is 2. The van der Waals surface area contributed by atoms with Crippen molar-refractivity contribution in [3.05, 3.63) is 48.5 Å². The summed E-state index contributed by atoms with van der Waals surface area (Å²) >= 11 is 0. The van der Waals surface area contributed by atoms with Crippen LogP contribution in [0, 0.1) is 11.8 Å². The van der Waals surface area contributed by atoms with E-state index in [1.165, 1.54) is 7.11 Å². The smallest absolute Gasteiger partial charge is 0.247 e. The quantitative estimate of drug-likeness (QED) is 0.659. The highest BCUT2D eigenvalue weighted by Crippen LogP contribution is 2.29. The van der Waals surface area contributed by atoms with E-state index >= 15 is 0 Å². The number of hydrogen-bond acceptors (Lipinski definition) is 5. The molecular weight excluding hydrogens is 410 g/mol. The maximum absolute atomic E-state index is 13.0. The molecule has 1 aliphatic heterocycles. The number of para-hydroxylation sites is 1. The van der Waals surface area contributed by atoms with Crippen molar-refractivity contribution in [2.45, 2.75) is 26.3 Å². The Labute approximate surface area is 187 Å². The number of anilines is 2. The molecule has 0 saturated carbocycles. The van der Waals surface area contributed by atoms with E-state index in [-0.39, 0.29) is 36.6 Å². The molecule has 8 nitrogen and oxygen atoms in total. The zero-order valence-corrected chi connectivity index (χ0v) is 18.8. The zero-order valence-electron chi connectivity index (χ0n) is 18.8. The van der Waals surface area contributed by atoms with Crippen molar-refractivity contribution in [2.75, 3.05) is 31.0 Å². The predicted octanol–water partition coefficient (Wildman–Crippen LogP) is 2.84. The molecule has 0 bridgehead atoms. The number of carbonyl (C=O) groups excluding carboxylic acids is 3. The first-order chi connectivity index (χ1) is 15.3. The van der Waals surface area contributed by atoms with Gasteiger partial charge < -0.3 is 25.0 Å². The highest BCUT2D eigenvalue weighted by Gasteiger charge is 2.37. The van der Waals surface area contributed by atoms with Gasteiger partial charge in [-0.15, -0.1) is 0 Å². The highest BCUT2D eigenvalue weighted by molar-refractivity contribution is 6.02. The first-order valence-electron chi connectivity index (χ1n) is 10.5. The third-order valence-corrected chi connectivity index (χ3v) is 5.48. The van der Waals surface area contributed by atoms with Crippen LogP contribution in [0.5, 0.6) is 11.5 Å². The fraction of sp³-hybridized carbons (Fsp3) is 0.375. The van der Waals surface area contributed by atoms with E-state index in [0.29, 0.717) is 17.2 Å². The summed E-state index contributed by atoms with van der Waals surface area (Å²) in [6.45, 7) is 3.99. The van der Waals surface area contributed by atoms with E-state index in [2.05, 4.69) is 10.6 Å². The minimum absolute atomic E-state index is 0.107. The number of carbonyl (C=O) groups is 3. The standard InChI is InChI=1S/C24H29N3O5/c1-15(2)22(24(30)25-19-11-10-18(31-3)13-20(19)32-4)26-23(29)16-12-21(28)27(14-16)17-8-6-5-7-9-17/h5-11,13,15-16,22H,12,14H2,1-4H3,(H,25,30)(H,26,29)/t16?,22-/m1/s1. The predicted molar refractivity (Wildman–Crippen MR) is 122 cm³/mol. The Bertz CT molecular complexity index is 977. The minimum Gasteiger partial charge on any atom is -0.497 e. The van der Waals surface area contributed by atoms with E-state index in [0.717, 1.165) is 5.69 Å². The van der Waals surface area contributed by atoms with Crippen LogP contribution in [-0.2, 0) is 14.4 Å². The fourth-order valence-electron chi connectivity index (χ4n) is 3.66. The van der Waals surface area contributed by atoms with Crippen LogP contribution in [-0.4, -0.2) is 44.5 Å². The van der Waals surface area contributed by atoms with Crippen molar-refractivity contribution in [1.29, 1.82) is 0 Å². The molecule has 1 unspecified atom stereocenters. The molecule has 1 saturated heterocycles. The monoisotopic (exact) mass is 439 g/mol. The summed E-state index contributed by atoms with van der Waals surface area (Å²) < 4.78 is 10.5. The van der Waals surface area contributed by atoms with Gasteiger partial charge in [0.25, 0.3) is 0 Å². The van der Waals surface area contributed by atoms with Crippen molar-refractivity contribution in [1.82, 2.24) is 5.32 Å². The van der Waals surface area contributed by atoms with E-state index in [1.54, 1.807) is 30.2 Å². The van der Waals surface area contributed by atoms with Gasteiger partial charge in [0.05, 0.1) is 25.8 Å². The fourth-order valence-corrected chi connectivity index (χ4v) is 3.66. The molecule has 0 aliphatic carbocycles. The normalized spacial score (nSPS) is 16.6. The largest absolute Gasteiger partial charge is 0.497 e. The van der Waals surface area contributed by atoms with Gasteiger partial charge in [0, 0.05) is 24.7 Å². The number of ether oxygens (including phenoxy) is 2. The van der Waals surface area contributed by atoms with Gasteiger partial charge in [-0.2, -0.15) is 0 Å². The number of hydrogen-bond donors (Lipinski definition) is 2. The Kier molecular flexibility index (Phi) is 7.35. The molecule has 3 amide bonds. The van der Waals surface area contributed by atoms with Crippen molar-refractivity contribution < 1.29 is 23.9 Å². The molecule has 2 aromatic carbocycles. The van der Waals surface area contributed by atoms with Crippen LogP contribution in [0.25, 0.3) is 0 Å². The van der Waals surface area contributed by atoms with Gasteiger partial charge in [-0.1, -0.05) is 32.0 Å². The molecule has 2 N–H and O–H groups in total. The second kappa shape index (κ2) is 10.2. The number of rotatable bonds is 8. The van der Waals surface area contributed by atoms with Crippen LogP contribution in [0.2, 0.25) is 0 Å². The first-order valence-corrected chi connectivity index (χ1v) is 10.5. The molecular formula is C24H29N3O5. The summed E-state index contributed by atoms with van der Waals surface area (Å²) in [5.41, 5.74) is 1.24. The Morgan fingerprint density at radius 2 is 1.78 bits per heavy atom. The highest BCUT2D eigenvalue weighted by atomic mass is 16.5. The molecule has 170 valence electrons. The second-order valence-corrected chi connectivity index (χ2v) is 8.03. The van der Waals surface area contributed by atoms with Crippen LogP contribution < -0.4 is 25.0 Å². The van der Waals surface area contributed by atoms with Gasteiger partial charge in [-0.3, -0.25) is 14.4 Å². The average Bonchev–Trinajstić information content (AvgIpc) is 3.19. The summed E-state index contributed by atoms with van der Waals surface area (Å²) in [6.07, 6.45) is 0.111. The summed E-state index contributed by atoms with van der Waals surface area (Å²) in [7, 11) is 3.05. The van der Waals surface area contributed by atoms with Crippen molar-refractivity contribution in [3.8, 4) is 11.5 Å². The first kappa shape index (κ1) is 23.1. The van der Waals surface area contributed by atoms with Crippen LogP contribution in [0.4, 0.5) is 11.4 Å². The maximum atomic E-state index is 13.0. The minimum atomic E-state index is -0.768. The lowest BCUT2D eigenvalue weighted by Gasteiger charge is -2.24. The third kappa shape index (κ3) is 5.19. The van der Waals surface area contributed by atoms with Crippen LogP contribution in [0.15, 0.2) is 48.5 Å². The van der Waals surface area contributed by atoms with Gasteiger partial charge in [-0.05, 0) is 30.2 Å². The zero-order chi connectivity index (χ0) is 23.3. The molecule has 0 aromatic heterocycles. The molecule has 1 heterocycles. The topological polar surface area (TPSA) is 97.0 Å². The number of methoxy groups -OCH3 is 2. The second-order valence-electron chi connectivity index (χ2n) is 8.03. The lowest BCUT2D eigenvalue weighted by molar-refractivity contribution is -0.130. The van der Waals surface area contributed by atoms with Crippen LogP contribution in [0.3, 0.4) is 0 Å². The van der Waals surface area contributed by atoms with E-state index in [4.69, 9.17) is 9.47 Å². The Hall–Kier alpha value is -3.55. The summed E-state index contributed by atoms with van der Waals surface area (Å²) in [5, 5.41) is 5.66. The van der Waals surface area contributed by atoms with Crippen molar-refractivity contribution in [3.63, 3.8) is 0 Å². The SMILES string of the molecule is COc1ccc(NC(=O)[C@H](NC(=O)C2CC(=O)N(c3ccccc3)C2)C(C)C)c(OC)c1. The summed E-state index contributed by atoms with van der Waals surface area (Å²) in [6, 6.07) is 13.5. The van der Waals surface area contributed by atoms with E-state index in [9.17, 15) is 14.4 Å².